The molecule has 0 aromatic heterocycles. The minimum Gasteiger partial charge on any atom is -0.326 e. The van der Waals surface area contributed by atoms with Crippen LogP contribution in [0.25, 0.3) is 0 Å². The summed E-state index contributed by atoms with van der Waals surface area (Å²) in [6.07, 6.45) is 1.43. The Labute approximate surface area is 132 Å². The van der Waals surface area contributed by atoms with Crippen molar-refractivity contribution in [2.75, 3.05) is 5.32 Å². The molecule has 0 unspecified atom stereocenters. The smallest absolute Gasteiger partial charge is 0.282 e. The molecule has 6 nitrogen and oxygen atoms in total. The zero-order chi connectivity index (χ0) is 16.4. The number of carbonyl (C=O) groups excluding carboxylic acids is 3. The van der Waals surface area contributed by atoms with E-state index < -0.39 is 11.8 Å². The zero-order valence-corrected chi connectivity index (χ0v) is 12.3. The van der Waals surface area contributed by atoms with Crippen molar-refractivity contribution in [1.82, 2.24) is 5.01 Å². The van der Waals surface area contributed by atoms with Crippen molar-refractivity contribution in [1.29, 1.82) is 0 Å². The van der Waals surface area contributed by atoms with Gasteiger partial charge in [0.05, 0.1) is 17.3 Å². The SMILES string of the molecule is CC(=O)Nc1ccc(/C=N\N2C(=O)c3ccccc3C2=O)cc1. The van der Waals surface area contributed by atoms with Gasteiger partial charge in [-0.05, 0) is 29.8 Å². The summed E-state index contributed by atoms with van der Waals surface area (Å²) >= 11 is 0. The Balaban J connectivity index is 1.77. The summed E-state index contributed by atoms with van der Waals surface area (Å²) in [6.45, 7) is 1.43. The molecule has 3 amide bonds. The van der Waals surface area contributed by atoms with Crippen molar-refractivity contribution < 1.29 is 14.4 Å². The fraction of sp³-hybridized carbons (Fsp3) is 0.0588. The molecule has 0 bridgehead atoms. The molecule has 0 saturated carbocycles. The van der Waals surface area contributed by atoms with Crippen LogP contribution in [0.3, 0.4) is 0 Å². The van der Waals surface area contributed by atoms with Crippen LogP contribution in [0.5, 0.6) is 0 Å². The van der Waals surface area contributed by atoms with Gasteiger partial charge in [0.1, 0.15) is 0 Å². The maximum absolute atomic E-state index is 12.1. The normalized spacial score (nSPS) is 13.5. The molecule has 3 rings (SSSR count). The molecule has 0 spiro atoms. The molecule has 0 fully saturated rings. The number of imide groups is 1. The summed E-state index contributed by atoms with van der Waals surface area (Å²) in [5.41, 5.74) is 2.08. The maximum Gasteiger partial charge on any atom is 0.282 e. The number of fused-ring (bicyclic) bond motifs is 1. The number of benzene rings is 2. The molecule has 1 heterocycles. The third-order valence-electron chi connectivity index (χ3n) is 3.33. The number of nitrogens with zero attached hydrogens (tertiary/aromatic N) is 2. The van der Waals surface area contributed by atoms with Crippen LogP contribution in [-0.4, -0.2) is 28.9 Å². The first-order chi connectivity index (χ1) is 11.1. The fourth-order valence-corrected chi connectivity index (χ4v) is 2.26. The number of nitrogens with one attached hydrogen (secondary N) is 1. The summed E-state index contributed by atoms with van der Waals surface area (Å²) in [5, 5.41) is 7.49. The van der Waals surface area contributed by atoms with E-state index in [4.69, 9.17) is 0 Å². The summed E-state index contributed by atoms with van der Waals surface area (Å²) in [4.78, 5) is 35.3. The Morgan fingerprint density at radius 1 is 1.00 bits per heavy atom. The molecule has 0 radical (unpaired) electrons. The van der Waals surface area contributed by atoms with E-state index >= 15 is 0 Å². The second-order valence-corrected chi connectivity index (χ2v) is 5.02. The lowest BCUT2D eigenvalue weighted by atomic mass is 10.1. The van der Waals surface area contributed by atoms with Gasteiger partial charge in [-0.2, -0.15) is 10.1 Å². The molecular formula is C17H13N3O3. The summed E-state index contributed by atoms with van der Waals surface area (Å²) < 4.78 is 0. The molecule has 2 aromatic carbocycles. The summed E-state index contributed by atoms with van der Waals surface area (Å²) in [7, 11) is 0. The number of hydrogen-bond donors (Lipinski definition) is 1. The molecule has 0 saturated heterocycles. The molecule has 1 N–H and O–H groups in total. The van der Waals surface area contributed by atoms with E-state index in [-0.39, 0.29) is 5.91 Å². The average Bonchev–Trinajstić information content (AvgIpc) is 2.78. The monoisotopic (exact) mass is 307 g/mol. The average molecular weight is 307 g/mol. The predicted molar refractivity (Wildman–Crippen MR) is 85.3 cm³/mol. The highest BCUT2D eigenvalue weighted by Gasteiger charge is 2.35. The van der Waals surface area contributed by atoms with Gasteiger partial charge in [0.25, 0.3) is 11.8 Å². The van der Waals surface area contributed by atoms with Gasteiger partial charge in [-0.15, -0.1) is 0 Å². The number of rotatable bonds is 3. The van der Waals surface area contributed by atoms with Gasteiger partial charge in [0.2, 0.25) is 5.91 Å². The lowest BCUT2D eigenvalue weighted by Gasteiger charge is -2.06. The lowest BCUT2D eigenvalue weighted by molar-refractivity contribution is -0.114. The van der Waals surface area contributed by atoms with Gasteiger partial charge in [-0.1, -0.05) is 24.3 Å². The van der Waals surface area contributed by atoms with Crippen LogP contribution in [0.2, 0.25) is 0 Å². The minimum absolute atomic E-state index is 0.155. The van der Waals surface area contributed by atoms with E-state index in [9.17, 15) is 14.4 Å². The standard InChI is InChI=1S/C17H13N3O3/c1-11(21)19-13-8-6-12(7-9-13)10-18-20-16(22)14-4-2-3-5-15(14)17(20)23/h2-10H,1H3,(H,19,21)/b18-10-. The Kier molecular flexibility index (Phi) is 3.72. The Morgan fingerprint density at radius 2 is 1.57 bits per heavy atom. The summed E-state index contributed by atoms with van der Waals surface area (Å²) in [5.74, 6) is -1.02. The van der Waals surface area contributed by atoms with E-state index in [1.54, 1.807) is 48.5 Å². The number of carbonyl (C=O) groups is 3. The van der Waals surface area contributed by atoms with E-state index in [0.29, 0.717) is 22.4 Å². The third-order valence-corrected chi connectivity index (χ3v) is 3.33. The number of amides is 3. The molecule has 1 aliphatic heterocycles. The van der Waals surface area contributed by atoms with Gasteiger partial charge < -0.3 is 5.32 Å². The van der Waals surface area contributed by atoms with Gasteiger partial charge in [-0.25, -0.2) is 0 Å². The highest BCUT2D eigenvalue weighted by atomic mass is 16.2. The van der Waals surface area contributed by atoms with E-state index in [1.807, 2.05) is 0 Å². The molecule has 6 heteroatoms. The van der Waals surface area contributed by atoms with Crippen LogP contribution in [0, 0.1) is 0 Å². The maximum atomic E-state index is 12.1. The van der Waals surface area contributed by atoms with E-state index in [0.717, 1.165) is 5.01 Å². The molecule has 114 valence electrons. The molecule has 23 heavy (non-hydrogen) atoms. The molecule has 1 aliphatic rings. The molecule has 0 atom stereocenters. The Bertz CT molecular complexity index is 790. The zero-order valence-electron chi connectivity index (χ0n) is 12.3. The van der Waals surface area contributed by atoms with Crippen LogP contribution in [-0.2, 0) is 4.79 Å². The van der Waals surface area contributed by atoms with Crippen LogP contribution < -0.4 is 5.32 Å². The van der Waals surface area contributed by atoms with E-state index in [1.165, 1.54) is 13.1 Å². The highest BCUT2D eigenvalue weighted by Crippen LogP contribution is 2.22. The van der Waals surface area contributed by atoms with Crippen LogP contribution in [0.1, 0.15) is 33.2 Å². The van der Waals surface area contributed by atoms with Crippen molar-refractivity contribution >= 4 is 29.6 Å². The lowest BCUT2D eigenvalue weighted by Crippen LogP contribution is -2.23. The van der Waals surface area contributed by atoms with Crippen molar-refractivity contribution in [3.63, 3.8) is 0 Å². The van der Waals surface area contributed by atoms with Gasteiger partial charge >= 0.3 is 0 Å². The first-order valence-corrected chi connectivity index (χ1v) is 6.96. The van der Waals surface area contributed by atoms with Crippen LogP contribution in [0.15, 0.2) is 53.6 Å². The summed E-state index contributed by atoms with van der Waals surface area (Å²) in [6, 6.07) is 13.5. The predicted octanol–water partition coefficient (Wildman–Crippen LogP) is 2.28. The third kappa shape index (κ3) is 2.87. The van der Waals surface area contributed by atoms with Crippen LogP contribution in [0.4, 0.5) is 5.69 Å². The number of hydrazone groups is 1. The number of hydrogen-bond acceptors (Lipinski definition) is 4. The van der Waals surface area contributed by atoms with Crippen molar-refractivity contribution in [2.45, 2.75) is 6.92 Å². The van der Waals surface area contributed by atoms with E-state index in [2.05, 4.69) is 10.4 Å². The first-order valence-electron chi connectivity index (χ1n) is 6.96. The Hall–Kier alpha value is -3.28. The second kappa shape index (κ2) is 5.84. The second-order valence-electron chi connectivity index (χ2n) is 5.02. The first kappa shape index (κ1) is 14.6. The fourth-order valence-electron chi connectivity index (χ4n) is 2.26. The highest BCUT2D eigenvalue weighted by molar-refractivity contribution is 6.21. The quantitative estimate of drug-likeness (QED) is 0.698. The van der Waals surface area contributed by atoms with Crippen LogP contribution >= 0.6 is 0 Å². The topological polar surface area (TPSA) is 78.8 Å². The van der Waals surface area contributed by atoms with Crippen molar-refractivity contribution in [3.8, 4) is 0 Å². The molecular weight excluding hydrogens is 294 g/mol. The largest absolute Gasteiger partial charge is 0.326 e. The minimum atomic E-state index is -0.434. The van der Waals surface area contributed by atoms with Gasteiger partial charge in [0, 0.05) is 12.6 Å². The van der Waals surface area contributed by atoms with Crippen molar-refractivity contribution in [3.05, 3.63) is 65.2 Å². The number of anilines is 1. The molecule has 2 aromatic rings. The Morgan fingerprint density at radius 3 is 2.09 bits per heavy atom. The van der Waals surface area contributed by atoms with Gasteiger partial charge in [0.15, 0.2) is 0 Å². The van der Waals surface area contributed by atoms with Gasteiger partial charge in [-0.3, -0.25) is 14.4 Å². The molecule has 0 aliphatic carbocycles. The van der Waals surface area contributed by atoms with Crippen molar-refractivity contribution in [2.24, 2.45) is 5.10 Å².